The Hall–Kier alpha value is -1.33. The smallest absolute Gasteiger partial charge is 0.265 e. The van der Waals surface area contributed by atoms with Gasteiger partial charge in [0.25, 0.3) is 5.91 Å². The van der Waals surface area contributed by atoms with E-state index in [2.05, 4.69) is 37.2 Å². The first kappa shape index (κ1) is 15.1. The van der Waals surface area contributed by atoms with Gasteiger partial charge in [-0.2, -0.15) is 0 Å². The van der Waals surface area contributed by atoms with Crippen LogP contribution in [0.25, 0.3) is 0 Å². The molecule has 1 atom stereocenters. The Morgan fingerprint density at radius 1 is 1.10 bits per heavy atom. The van der Waals surface area contributed by atoms with Gasteiger partial charge in [0.1, 0.15) is 5.75 Å². The molecule has 0 unspecified atom stereocenters. The summed E-state index contributed by atoms with van der Waals surface area (Å²) in [6.45, 7) is 1.72. The Labute approximate surface area is 134 Å². The van der Waals surface area contributed by atoms with Crippen molar-refractivity contribution in [3.8, 4) is 5.75 Å². The van der Waals surface area contributed by atoms with Gasteiger partial charge in [-0.1, -0.05) is 28.1 Å². The first-order chi connectivity index (χ1) is 9.56. The van der Waals surface area contributed by atoms with Gasteiger partial charge < -0.3 is 10.1 Å². The summed E-state index contributed by atoms with van der Waals surface area (Å²) in [5.74, 6) is 0.453. The minimum Gasteiger partial charge on any atom is -0.480 e. The Balaban J connectivity index is 1.99. The zero-order valence-electron chi connectivity index (χ0n) is 10.8. The summed E-state index contributed by atoms with van der Waals surface area (Å²) in [6.07, 6.45) is -0.586. The van der Waals surface area contributed by atoms with Crippen LogP contribution < -0.4 is 10.1 Å². The van der Waals surface area contributed by atoms with Crippen LogP contribution in [0.4, 0.5) is 5.69 Å². The fourth-order valence-electron chi connectivity index (χ4n) is 1.56. The SMILES string of the molecule is C[C@@H](Oc1ccccc1Br)C(=O)Nc1ccc(Br)cc1. The van der Waals surface area contributed by atoms with Crippen molar-refractivity contribution in [1.82, 2.24) is 0 Å². The zero-order chi connectivity index (χ0) is 14.5. The van der Waals surface area contributed by atoms with Crippen LogP contribution in [-0.2, 0) is 4.79 Å². The number of rotatable bonds is 4. The number of hydrogen-bond acceptors (Lipinski definition) is 2. The molecule has 3 nitrogen and oxygen atoms in total. The standard InChI is InChI=1S/C15H13Br2NO2/c1-10(20-14-5-3-2-4-13(14)17)15(19)18-12-8-6-11(16)7-9-12/h2-10H,1H3,(H,18,19)/t10-/m1/s1. The van der Waals surface area contributed by atoms with Crippen LogP contribution in [0.5, 0.6) is 5.75 Å². The second-order valence-corrected chi connectivity index (χ2v) is 5.96. The molecule has 20 heavy (non-hydrogen) atoms. The summed E-state index contributed by atoms with van der Waals surface area (Å²) in [5.41, 5.74) is 0.737. The van der Waals surface area contributed by atoms with Gasteiger partial charge in [-0.05, 0) is 59.3 Å². The quantitative estimate of drug-likeness (QED) is 0.815. The molecule has 104 valence electrons. The number of ether oxygens (including phenoxy) is 1. The number of para-hydroxylation sites is 1. The molecule has 2 aromatic carbocycles. The highest BCUT2D eigenvalue weighted by atomic mass is 79.9. The molecule has 0 aliphatic rings. The molecule has 0 aliphatic heterocycles. The van der Waals surface area contributed by atoms with Crippen molar-refractivity contribution < 1.29 is 9.53 Å². The van der Waals surface area contributed by atoms with Gasteiger partial charge in [0.05, 0.1) is 4.47 Å². The Morgan fingerprint density at radius 2 is 1.75 bits per heavy atom. The summed E-state index contributed by atoms with van der Waals surface area (Å²) in [5, 5.41) is 2.81. The van der Waals surface area contributed by atoms with E-state index in [0.29, 0.717) is 5.75 Å². The first-order valence-corrected chi connectivity index (χ1v) is 7.62. The van der Waals surface area contributed by atoms with E-state index in [0.717, 1.165) is 14.6 Å². The van der Waals surface area contributed by atoms with Crippen molar-refractivity contribution in [2.24, 2.45) is 0 Å². The number of hydrogen-bond donors (Lipinski definition) is 1. The van der Waals surface area contributed by atoms with Crippen molar-refractivity contribution >= 4 is 43.5 Å². The molecule has 0 heterocycles. The highest BCUT2D eigenvalue weighted by Gasteiger charge is 2.15. The van der Waals surface area contributed by atoms with Gasteiger partial charge in [-0.3, -0.25) is 4.79 Å². The Bertz CT molecular complexity index is 599. The first-order valence-electron chi connectivity index (χ1n) is 6.04. The zero-order valence-corrected chi connectivity index (χ0v) is 13.9. The lowest BCUT2D eigenvalue weighted by molar-refractivity contribution is -0.122. The molecule has 0 bridgehead atoms. The van der Waals surface area contributed by atoms with Crippen LogP contribution in [0, 0.1) is 0 Å². The normalized spacial score (nSPS) is 11.8. The van der Waals surface area contributed by atoms with Crippen LogP contribution in [0.1, 0.15) is 6.92 Å². The van der Waals surface area contributed by atoms with E-state index in [4.69, 9.17) is 4.74 Å². The van der Waals surface area contributed by atoms with E-state index < -0.39 is 6.10 Å². The van der Waals surface area contributed by atoms with Crippen molar-refractivity contribution in [2.75, 3.05) is 5.32 Å². The fraction of sp³-hybridized carbons (Fsp3) is 0.133. The summed E-state index contributed by atoms with van der Waals surface area (Å²) in [6, 6.07) is 14.8. The molecule has 0 saturated heterocycles. The van der Waals surface area contributed by atoms with Crippen molar-refractivity contribution in [3.63, 3.8) is 0 Å². The average molecular weight is 399 g/mol. The monoisotopic (exact) mass is 397 g/mol. The highest BCUT2D eigenvalue weighted by molar-refractivity contribution is 9.10. The minimum atomic E-state index is -0.586. The van der Waals surface area contributed by atoms with Gasteiger partial charge in [0.2, 0.25) is 0 Å². The number of nitrogens with one attached hydrogen (secondary N) is 1. The third kappa shape index (κ3) is 4.08. The topological polar surface area (TPSA) is 38.3 Å². The van der Waals surface area contributed by atoms with Crippen molar-refractivity contribution in [1.29, 1.82) is 0 Å². The molecule has 1 amide bonds. The molecule has 0 saturated carbocycles. The lowest BCUT2D eigenvalue weighted by atomic mass is 10.3. The number of amides is 1. The Kier molecular flexibility index (Phi) is 5.20. The molecule has 0 radical (unpaired) electrons. The van der Waals surface area contributed by atoms with Gasteiger partial charge in [0.15, 0.2) is 6.10 Å². The van der Waals surface area contributed by atoms with Crippen LogP contribution >= 0.6 is 31.9 Å². The van der Waals surface area contributed by atoms with Gasteiger partial charge >= 0.3 is 0 Å². The number of halogens is 2. The largest absolute Gasteiger partial charge is 0.480 e. The molecule has 5 heteroatoms. The van der Waals surface area contributed by atoms with E-state index in [1.165, 1.54) is 0 Å². The predicted octanol–water partition coefficient (Wildman–Crippen LogP) is 4.62. The molecule has 2 rings (SSSR count). The third-order valence-corrected chi connectivity index (χ3v) is 3.81. The highest BCUT2D eigenvalue weighted by Crippen LogP contribution is 2.25. The van der Waals surface area contributed by atoms with E-state index in [-0.39, 0.29) is 5.91 Å². The van der Waals surface area contributed by atoms with Gasteiger partial charge in [-0.15, -0.1) is 0 Å². The van der Waals surface area contributed by atoms with Crippen LogP contribution in [0.2, 0.25) is 0 Å². The molecule has 0 fully saturated rings. The third-order valence-electron chi connectivity index (χ3n) is 2.62. The summed E-state index contributed by atoms with van der Waals surface area (Å²) < 4.78 is 7.42. The molecule has 0 spiro atoms. The van der Waals surface area contributed by atoms with E-state index in [1.54, 1.807) is 6.92 Å². The molecule has 2 aromatic rings. The lowest BCUT2D eigenvalue weighted by Gasteiger charge is -2.15. The molecular formula is C15H13Br2NO2. The maximum atomic E-state index is 12.0. The number of carbonyl (C=O) groups is 1. The number of benzene rings is 2. The minimum absolute atomic E-state index is 0.192. The molecule has 0 aliphatic carbocycles. The van der Waals surface area contributed by atoms with E-state index >= 15 is 0 Å². The number of carbonyl (C=O) groups excluding carboxylic acids is 1. The van der Waals surface area contributed by atoms with Crippen LogP contribution in [0.3, 0.4) is 0 Å². The summed E-state index contributed by atoms with van der Waals surface area (Å²) in [4.78, 5) is 12.0. The fourth-order valence-corrected chi connectivity index (χ4v) is 2.20. The second-order valence-electron chi connectivity index (χ2n) is 4.19. The van der Waals surface area contributed by atoms with Crippen molar-refractivity contribution in [2.45, 2.75) is 13.0 Å². The van der Waals surface area contributed by atoms with Crippen LogP contribution in [0.15, 0.2) is 57.5 Å². The van der Waals surface area contributed by atoms with E-state index in [1.807, 2.05) is 48.5 Å². The molecule has 0 aromatic heterocycles. The van der Waals surface area contributed by atoms with Gasteiger partial charge in [0, 0.05) is 10.2 Å². The maximum absolute atomic E-state index is 12.0. The summed E-state index contributed by atoms with van der Waals surface area (Å²) in [7, 11) is 0. The molecular weight excluding hydrogens is 386 g/mol. The Morgan fingerprint density at radius 3 is 2.40 bits per heavy atom. The lowest BCUT2D eigenvalue weighted by Crippen LogP contribution is -2.30. The van der Waals surface area contributed by atoms with Crippen molar-refractivity contribution in [3.05, 3.63) is 57.5 Å². The van der Waals surface area contributed by atoms with Crippen LogP contribution in [-0.4, -0.2) is 12.0 Å². The second kappa shape index (κ2) is 6.90. The van der Waals surface area contributed by atoms with E-state index in [9.17, 15) is 4.79 Å². The molecule has 1 N–H and O–H groups in total. The average Bonchev–Trinajstić information content (AvgIpc) is 2.44. The number of anilines is 1. The van der Waals surface area contributed by atoms with Gasteiger partial charge in [-0.25, -0.2) is 0 Å². The maximum Gasteiger partial charge on any atom is 0.265 e. The summed E-state index contributed by atoms with van der Waals surface area (Å²) >= 11 is 6.74. The predicted molar refractivity (Wildman–Crippen MR) is 87.0 cm³/mol.